The highest BCUT2D eigenvalue weighted by molar-refractivity contribution is 6.45. The summed E-state index contributed by atoms with van der Waals surface area (Å²) < 4.78 is 5.81. The number of nitrogens with one attached hydrogen (secondary N) is 1. The lowest BCUT2D eigenvalue weighted by molar-refractivity contribution is 0.0522. The van der Waals surface area contributed by atoms with Crippen LogP contribution < -0.4 is 11.2 Å². The summed E-state index contributed by atoms with van der Waals surface area (Å²) >= 11 is 6.15. The van der Waals surface area contributed by atoms with Gasteiger partial charge in [-0.2, -0.15) is 0 Å². The molecule has 2 rings (SSSR count). The van der Waals surface area contributed by atoms with E-state index in [2.05, 4.69) is 10.1 Å². The highest BCUT2D eigenvalue weighted by Crippen LogP contribution is 2.27. The Hall–Kier alpha value is -2.61. The normalized spacial score (nSPS) is 18.3. The zero-order chi connectivity index (χ0) is 19.4. The van der Waals surface area contributed by atoms with Crippen molar-refractivity contribution in [2.75, 3.05) is 13.2 Å². The van der Waals surface area contributed by atoms with Crippen LogP contribution >= 0.6 is 11.6 Å². The first-order chi connectivity index (χ1) is 12.3. The number of ether oxygens (including phenoxy) is 1. The number of hydrogen-bond donors (Lipinski definition) is 1. The minimum atomic E-state index is -0.791. The standard InChI is InChI=1S/C17H20ClN3O5/c1-5-25-16(23)13-10(4)19-17(24)21(15(13)22)12-8-7-11(18)14(9(12)3)20-26-6-2/h7-9H,5-6H2,1-4H3,(H,19,24). The smallest absolute Gasteiger partial charge is 0.345 e. The Morgan fingerprint density at radius 2 is 2.00 bits per heavy atom. The first kappa shape index (κ1) is 19.7. The molecular weight excluding hydrogens is 362 g/mol. The third-order valence-electron chi connectivity index (χ3n) is 3.82. The van der Waals surface area contributed by atoms with Gasteiger partial charge in [-0.1, -0.05) is 23.7 Å². The van der Waals surface area contributed by atoms with Crippen molar-refractivity contribution < 1.29 is 14.4 Å². The van der Waals surface area contributed by atoms with E-state index in [1.807, 2.05) is 0 Å². The number of aromatic amines is 1. The van der Waals surface area contributed by atoms with Crippen LogP contribution in [0.2, 0.25) is 0 Å². The van der Waals surface area contributed by atoms with Crippen molar-refractivity contribution >= 4 is 29.0 Å². The first-order valence-corrected chi connectivity index (χ1v) is 8.52. The summed E-state index contributed by atoms with van der Waals surface area (Å²) in [7, 11) is 0. The maximum atomic E-state index is 12.9. The molecule has 0 aliphatic heterocycles. The van der Waals surface area contributed by atoms with E-state index >= 15 is 0 Å². The van der Waals surface area contributed by atoms with E-state index in [4.69, 9.17) is 21.2 Å². The molecule has 0 saturated heterocycles. The molecule has 0 bridgehead atoms. The van der Waals surface area contributed by atoms with E-state index < -0.39 is 23.1 Å². The van der Waals surface area contributed by atoms with E-state index in [0.717, 1.165) is 4.57 Å². The molecule has 1 N–H and O–H groups in total. The van der Waals surface area contributed by atoms with Crippen LogP contribution in [0.25, 0.3) is 5.70 Å². The molecule has 26 heavy (non-hydrogen) atoms. The fraction of sp³-hybridized carbons (Fsp3) is 0.412. The van der Waals surface area contributed by atoms with Gasteiger partial charge in [0, 0.05) is 17.3 Å². The molecule has 1 aliphatic rings. The second-order valence-corrected chi connectivity index (χ2v) is 5.92. The summed E-state index contributed by atoms with van der Waals surface area (Å²) in [6.45, 7) is 7.06. The number of carbonyl (C=O) groups excluding carboxylic acids is 1. The van der Waals surface area contributed by atoms with Crippen LogP contribution in [0.4, 0.5) is 0 Å². The summed E-state index contributed by atoms with van der Waals surface area (Å²) in [5.74, 6) is -1.29. The molecule has 8 nitrogen and oxygen atoms in total. The van der Waals surface area contributed by atoms with Gasteiger partial charge in [-0.25, -0.2) is 14.2 Å². The maximum absolute atomic E-state index is 12.9. The van der Waals surface area contributed by atoms with E-state index in [1.54, 1.807) is 26.8 Å². The monoisotopic (exact) mass is 381 g/mol. The summed E-state index contributed by atoms with van der Waals surface area (Å²) in [6.07, 6.45) is 3.06. The van der Waals surface area contributed by atoms with Crippen LogP contribution in [-0.4, -0.2) is 34.4 Å². The lowest BCUT2D eigenvalue weighted by Crippen LogP contribution is -2.41. The predicted molar refractivity (Wildman–Crippen MR) is 98.5 cm³/mol. The number of rotatable bonds is 5. The number of hydrogen-bond acceptors (Lipinski definition) is 6. The van der Waals surface area contributed by atoms with Crippen LogP contribution in [0, 0.1) is 12.8 Å². The molecule has 1 unspecified atom stereocenters. The van der Waals surface area contributed by atoms with Crippen molar-refractivity contribution in [1.82, 2.24) is 9.55 Å². The number of carbonyl (C=O) groups is 1. The first-order valence-electron chi connectivity index (χ1n) is 8.14. The van der Waals surface area contributed by atoms with Crippen molar-refractivity contribution in [3.8, 4) is 0 Å². The molecule has 1 aliphatic carbocycles. The third-order valence-corrected chi connectivity index (χ3v) is 4.14. The van der Waals surface area contributed by atoms with E-state index in [0.29, 0.717) is 23.0 Å². The van der Waals surface area contributed by atoms with E-state index in [-0.39, 0.29) is 17.9 Å². The predicted octanol–water partition coefficient (Wildman–Crippen LogP) is 2.03. The molecule has 1 aromatic rings. The van der Waals surface area contributed by atoms with Gasteiger partial charge in [-0.15, -0.1) is 0 Å². The molecule has 0 spiro atoms. The number of aryl methyl sites for hydroxylation is 1. The number of nitrogens with zero attached hydrogens (tertiary/aromatic N) is 2. The van der Waals surface area contributed by atoms with Gasteiger partial charge in [0.1, 0.15) is 17.9 Å². The lowest BCUT2D eigenvalue weighted by Gasteiger charge is -2.22. The molecule has 0 aromatic carbocycles. The highest BCUT2D eigenvalue weighted by atomic mass is 35.5. The molecule has 9 heteroatoms. The number of oxime groups is 1. The molecule has 0 amide bonds. The zero-order valence-electron chi connectivity index (χ0n) is 15.0. The average molecular weight is 382 g/mol. The molecule has 1 atom stereocenters. The van der Waals surface area contributed by atoms with Crippen LogP contribution in [0.5, 0.6) is 0 Å². The van der Waals surface area contributed by atoms with Crippen molar-refractivity contribution in [2.24, 2.45) is 11.1 Å². The van der Waals surface area contributed by atoms with Crippen LogP contribution in [0.3, 0.4) is 0 Å². The van der Waals surface area contributed by atoms with E-state index in [9.17, 15) is 14.4 Å². The van der Waals surface area contributed by atoms with Gasteiger partial charge in [0.05, 0.1) is 11.6 Å². The fourth-order valence-electron chi connectivity index (χ4n) is 2.58. The summed E-state index contributed by atoms with van der Waals surface area (Å²) in [4.78, 5) is 45.0. The Labute approximate surface area is 154 Å². The van der Waals surface area contributed by atoms with Gasteiger partial charge in [-0.3, -0.25) is 4.79 Å². The minimum absolute atomic E-state index is 0.111. The zero-order valence-corrected chi connectivity index (χ0v) is 15.7. The molecular formula is C17H20ClN3O5. The van der Waals surface area contributed by atoms with Gasteiger partial charge in [0.15, 0.2) is 0 Å². The van der Waals surface area contributed by atoms with Crippen molar-refractivity contribution in [3.63, 3.8) is 0 Å². The quantitative estimate of drug-likeness (QED) is 0.621. The average Bonchev–Trinajstić information content (AvgIpc) is 2.56. The molecule has 0 radical (unpaired) electrons. The molecule has 140 valence electrons. The minimum Gasteiger partial charge on any atom is -0.462 e. The molecule has 1 heterocycles. The second-order valence-electron chi connectivity index (χ2n) is 5.51. The van der Waals surface area contributed by atoms with Gasteiger partial charge in [-0.05, 0) is 32.9 Å². The van der Waals surface area contributed by atoms with Gasteiger partial charge in [0.25, 0.3) is 5.56 Å². The topological polar surface area (TPSA) is 103 Å². The highest BCUT2D eigenvalue weighted by Gasteiger charge is 2.28. The Balaban J connectivity index is 2.66. The van der Waals surface area contributed by atoms with Crippen molar-refractivity contribution in [1.29, 1.82) is 0 Å². The largest absolute Gasteiger partial charge is 0.462 e. The third kappa shape index (κ3) is 3.65. The van der Waals surface area contributed by atoms with Gasteiger partial charge >= 0.3 is 11.7 Å². The van der Waals surface area contributed by atoms with Gasteiger partial charge < -0.3 is 14.6 Å². The second kappa shape index (κ2) is 8.18. The molecule has 0 fully saturated rings. The Kier molecular flexibility index (Phi) is 6.20. The number of halogens is 1. The van der Waals surface area contributed by atoms with Crippen molar-refractivity contribution in [3.05, 3.63) is 49.3 Å². The summed E-state index contributed by atoms with van der Waals surface area (Å²) in [5.41, 5.74) is -0.787. The van der Waals surface area contributed by atoms with E-state index in [1.165, 1.54) is 13.0 Å². The number of aromatic nitrogens is 2. The number of H-pyrrole nitrogens is 1. The molecule has 1 aromatic heterocycles. The van der Waals surface area contributed by atoms with Crippen LogP contribution in [0.1, 0.15) is 36.8 Å². The lowest BCUT2D eigenvalue weighted by atomic mass is 9.96. The van der Waals surface area contributed by atoms with Crippen LogP contribution in [0.15, 0.2) is 31.9 Å². The van der Waals surface area contributed by atoms with Gasteiger partial charge in [0.2, 0.25) is 0 Å². The maximum Gasteiger partial charge on any atom is 0.345 e. The Morgan fingerprint density at radius 1 is 1.31 bits per heavy atom. The number of esters is 1. The SMILES string of the molecule is CCON=C1C(Cl)=CC=C(n2c(=O)[nH]c(C)c(C(=O)OCC)c2=O)C1C. The molecule has 0 saturated carbocycles. The summed E-state index contributed by atoms with van der Waals surface area (Å²) in [6, 6.07) is 0. The Bertz CT molecular complexity index is 923. The van der Waals surface area contributed by atoms with Crippen molar-refractivity contribution in [2.45, 2.75) is 27.7 Å². The summed E-state index contributed by atoms with van der Waals surface area (Å²) in [5, 5.41) is 4.30. The number of allylic oxidation sites excluding steroid dienone is 4. The Morgan fingerprint density at radius 3 is 2.62 bits per heavy atom. The fourth-order valence-corrected chi connectivity index (χ4v) is 2.84. The van der Waals surface area contributed by atoms with Crippen LogP contribution in [-0.2, 0) is 9.57 Å².